The molecule has 0 aliphatic carbocycles. The van der Waals surface area contributed by atoms with Crippen LogP contribution in [-0.4, -0.2) is 21.2 Å². The molecule has 6 heteroatoms. The number of hydrogen-bond donors (Lipinski definition) is 1. The molecule has 1 heterocycles. The van der Waals surface area contributed by atoms with Gasteiger partial charge < -0.3 is 5.32 Å². The van der Waals surface area contributed by atoms with E-state index in [1.165, 1.54) is 11.8 Å². The van der Waals surface area contributed by atoms with Crippen molar-refractivity contribution in [2.45, 2.75) is 58.2 Å². The van der Waals surface area contributed by atoms with E-state index in [9.17, 15) is 9.59 Å². The second-order valence-electron chi connectivity index (χ2n) is 7.53. The zero-order valence-corrected chi connectivity index (χ0v) is 18.7. The highest BCUT2D eigenvalue weighted by Crippen LogP contribution is 2.22. The van der Waals surface area contributed by atoms with Crippen molar-refractivity contribution in [3.05, 3.63) is 63.9 Å². The molecule has 0 radical (unpaired) electrons. The predicted octanol–water partition coefficient (Wildman–Crippen LogP) is 5.32. The van der Waals surface area contributed by atoms with E-state index in [0.29, 0.717) is 22.6 Å². The van der Waals surface area contributed by atoms with Crippen LogP contribution < -0.4 is 10.9 Å². The highest BCUT2D eigenvalue weighted by atomic mass is 32.2. The predicted molar refractivity (Wildman–Crippen MR) is 125 cm³/mol. The molecule has 3 aromatic rings. The number of carbonyl (C=O) groups excluding carboxylic acids is 1. The third-order valence-corrected chi connectivity index (χ3v) is 6.12. The number of anilines is 1. The lowest BCUT2D eigenvalue weighted by atomic mass is 10.1. The summed E-state index contributed by atoms with van der Waals surface area (Å²) in [7, 11) is 0. The van der Waals surface area contributed by atoms with E-state index < -0.39 is 0 Å². The highest BCUT2D eigenvalue weighted by Gasteiger charge is 2.14. The van der Waals surface area contributed by atoms with Crippen molar-refractivity contribution < 1.29 is 4.79 Å². The summed E-state index contributed by atoms with van der Waals surface area (Å²) in [4.78, 5) is 30.3. The van der Waals surface area contributed by atoms with Gasteiger partial charge in [0.25, 0.3) is 5.56 Å². The van der Waals surface area contributed by atoms with Gasteiger partial charge in [0.2, 0.25) is 5.91 Å². The molecular weight excluding hydrogens is 394 g/mol. The number of nitrogens with one attached hydrogen (secondary N) is 1. The zero-order valence-electron chi connectivity index (χ0n) is 17.9. The van der Waals surface area contributed by atoms with Crippen molar-refractivity contribution in [2.24, 2.45) is 0 Å². The van der Waals surface area contributed by atoms with Gasteiger partial charge in [-0.3, -0.25) is 14.2 Å². The molecule has 0 saturated heterocycles. The van der Waals surface area contributed by atoms with Crippen molar-refractivity contribution in [3.8, 4) is 0 Å². The second kappa shape index (κ2) is 10.4. The van der Waals surface area contributed by atoms with Crippen LogP contribution in [0.2, 0.25) is 0 Å². The fraction of sp³-hybridized carbons (Fsp3) is 0.375. The maximum atomic E-state index is 13.0. The van der Waals surface area contributed by atoms with Gasteiger partial charge in [0, 0.05) is 12.2 Å². The van der Waals surface area contributed by atoms with Crippen molar-refractivity contribution in [2.75, 3.05) is 11.1 Å². The van der Waals surface area contributed by atoms with Gasteiger partial charge in [0.05, 0.1) is 16.7 Å². The van der Waals surface area contributed by atoms with Gasteiger partial charge in [-0.1, -0.05) is 68.3 Å². The summed E-state index contributed by atoms with van der Waals surface area (Å²) in [6, 6.07) is 13.3. The van der Waals surface area contributed by atoms with Crippen LogP contribution in [-0.2, 0) is 11.3 Å². The van der Waals surface area contributed by atoms with E-state index in [2.05, 4.69) is 12.2 Å². The molecule has 0 saturated carbocycles. The minimum absolute atomic E-state index is 0.0326. The van der Waals surface area contributed by atoms with Crippen LogP contribution in [0.25, 0.3) is 10.9 Å². The normalized spacial score (nSPS) is 11.0. The molecule has 0 bridgehead atoms. The van der Waals surface area contributed by atoms with Gasteiger partial charge in [-0.25, -0.2) is 4.98 Å². The summed E-state index contributed by atoms with van der Waals surface area (Å²) in [6.45, 7) is 6.75. The Hall–Kier alpha value is -2.60. The summed E-state index contributed by atoms with van der Waals surface area (Å²) in [6.07, 6.45) is 4.30. The van der Waals surface area contributed by atoms with E-state index in [4.69, 9.17) is 4.98 Å². The molecule has 0 atom stereocenters. The van der Waals surface area contributed by atoms with E-state index in [1.807, 2.05) is 56.3 Å². The van der Waals surface area contributed by atoms with Gasteiger partial charge in [-0.05, 0) is 43.5 Å². The van der Waals surface area contributed by atoms with Gasteiger partial charge in [0.15, 0.2) is 5.16 Å². The number of fused-ring (bicyclic) bond motifs is 1. The van der Waals surface area contributed by atoms with Crippen molar-refractivity contribution in [1.29, 1.82) is 0 Å². The average Bonchev–Trinajstić information content (AvgIpc) is 2.74. The number of nitrogens with zero attached hydrogens (tertiary/aromatic N) is 2. The lowest BCUT2D eigenvalue weighted by molar-refractivity contribution is -0.113. The fourth-order valence-corrected chi connectivity index (χ4v) is 4.29. The third-order valence-electron chi connectivity index (χ3n) is 5.14. The Labute approximate surface area is 181 Å². The first-order valence-electron chi connectivity index (χ1n) is 10.5. The smallest absolute Gasteiger partial charge is 0.262 e. The highest BCUT2D eigenvalue weighted by molar-refractivity contribution is 7.99. The number of hydrogen-bond acceptors (Lipinski definition) is 4. The largest absolute Gasteiger partial charge is 0.325 e. The molecule has 0 spiro atoms. The van der Waals surface area contributed by atoms with Gasteiger partial charge >= 0.3 is 0 Å². The second-order valence-corrected chi connectivity index (χ2v) is 8.48. The summed E-state index contributed by atoms with van der Waals surface area (Å²) in [5, 5.41) is 4.23. The molecule has 3 rings (SSSR count). The average molecular weight is 424 g/mol. The van der Waals surface area contributed by atoms with Crippen LogP contribution in [0.15, 0.2) is 52.4 Å². The van der Waals surface area contributed by atoms with E-state index in [1.54, 1.807) is 4.57 Å². The molecule has 0 fully saturated rings. The number of aryl methyl sites for hydroxylation is 2. The number of benzene rings is 2. The molecular formula is C24H29N3O2S. The lowest BCUT2D eigenvalue weighted by Gasteiger charge is -2.14. The first-order chi connectivity index (χ1) is 14.5. The van der Waals surface area contributed by atoms with Crippen LogP contribution in [0.4, 0.5) is 5.69 Å². The zero-order chi connectivity index (χ0) is 21.5. The third kappa shape index (κ3) is 5.30. The van der Waals surface area contributed by atoms with Gasteiger partial charge in [0.1, 0.15) is 0 Å². The van der Waals surface area contributed by atoms with Crippen LogP contribution in [0.3, 0.4) is 0 Å². The molecule has 1 amide bonds. The molecule has 0 aliphatic rings. The Morgan fingerprint density at radius 3 is 2.50 bits per heavy atom. The number of rotatable bonds is 9. The maximum Gasteiger partial charge on any atom is 0.262 e. The standard InChI is InChI=1S/C24H29N3O2S/c1-4-5-6-9-15-27-23(29)19-13-7-8-14-20(19)25-24(27)30-16-21(28)26-22-17(2)11-10-12-18(22)3/h7-8,10-14H,4-6,9,15-16H2,1-3H3,(H,26,28). The van der Waals surface area contributed by atoms with Gasteiger partial charge in [-0.15, -0.1) is 0 Å². The van der Waals surface area contributed by atoms with Crippen molar-refractivity contribution in [3.63, 3.8) is 0 Å². The molecule has 0 unspecified atom stereocenters. The van der Waals surface area contributed by atoms with E-state index >= 15 is 0 Å². The first-order valence-corrected chi connectivity index (χ1v) is 11.5. The molecule has 1 aromatic heterocycles. The SMILES string of the molecule is CCCCCCn1c(SCC(=O)Nc2c(C)cccc2C)nc2ccccc2c1=O. The Bertz CT molecular complexity index is 1070. The lowest BCUT2D eigenvalue weighted by Crippen LogP contribution is -2.24. The summed E-state index contributed by atoms with van der Waals surface area (Å²) in [5.74, 6) is 0.102. The van der Waals surface area contributed by atoms with Crippen LogP contribution in [0.5, 0.6) is 0 Å². The molecule has 5 nitrogen and oxygen atoms in total. The maximum absolute atomic E-state index is 13.0. The fourth-order valence-electron chi connectivity index (χ4n) is 3.47. The van der Waals surface area contributed by atoms with Crippen LogP contribution in [0.1, 0.15) is 43.7 Å². The Kier molecular flexibility index (Phi) is 7.69. The quantitative estimate of drug-likeness (QED) is 0.287. The summed E-state index contributed by atoms with van der Waals surface area (Å²) in [5.41, 5.74) is 3.56. The van der Waals surface area contributed by atoms with Gasteiger partial charge in [-0.2, -0.15) is 0 Å². The molecule has 2 aromatic carbocycles. The summed E-state index contributed by atoms with van der Waals surface area (Å²) >= 11 is 1.32. The number of thioether (sulfide) groups is 1. The van der Waals surface area contributed by atoms with Crippen molar-refractivity contribution >= 4 is 34.3 Å². The van der Waals surface area contributed by atoms with E-state index in [0.717, 1.165) is 42.5 Å². The minimum Gasteiger partial charge on any atom is -0.325 e. The topological polar surface area (TPSA) is 64.0 Å². The number of carbonyl (C=O) groups is 1. The molecule has 1 N–H and O–H groups in total. The number of amides is 1. The number of unbranched alkanes of at least 4 members (excludes halogenated alkanes) is 3. The number of aromatic nitrogens is 2. The minimum atomic E-state index is -0.0997. The monoisotopic (exact) mass is 423 g/mol. The Morgan fingerprint density at radius 1 is 1.03 bits per heavy atom. The summed E-state index contributed by atoms with van der Waals surface area (Å²) < 4.78 is 1.73. The van der Waals surface area contributed by atoms with Crippen LogP contribution in [0, 0.1) is 13.8 Å². The van der Waals surface area contributed by atoms with Crippen LogP contribution >= 0.6 is 11.8 Å². The molecule has 30 heavy (non-hydrogen) atoms. The first kappa shape index (κ1) is 22.1. The Morgan fingerprint density at radius 2 is 1.77 bits per heavy atom. The molecule has 158 valence electrons. The number of para-hydroxylation sites is 2. The van der Waals surface area contributed by atoms with Crippen molar-refractivity contribution in [1.82, 2.24) is 9.55 Å². The van der Waals surface area contributed by atoms with E-state index in [-0.39, 0.29) is 17.2 Å². The molecule has 0 aliphatic heterocycles. The Balaban J connectivity index is 1.79.